The number of halogens is 4. The van der Waals surface area contributed by atoms with Crippen LogP contribution >= 0.6 is 11.6 Å². The van der Waals surface area contributed by atoms with Crippen LogP contribution in [0.3, 0.4) is 0 Å². The molecule has 3 aromatic carbocycles. The van der Waals surface area contributed by atoms with Crippen LogP contribution < -0.4 is 5.32 Å². The van der Waals surface area contributed by atoms with Gasteiger partial charge in [-0.05, 0) is 54.6 Å². The number of para-hydroxylation sites is 1. The number of furan rings is 1. The van der Waals surface area contributed by atoms with Crippen molar-refractivity contribution in [2.24, 2.45) is 0 Å². The number of alkyl halides is 3. The van der Waals surface area contributed by atoms with Crippen molar-refractivity contribution in [3.05, 3.63) is 107 Å². The molecule has 174 valence electrons. The average molecular weight is 493 g/mol. The summed E-state index contributed by atoms with van der Waals surface area (Å²) in [6.07, 6.45) is -4.52. The Balaban J connectivity index is 1.54. The molecule has 0 unspecified atom stereocenters. The lowest BCUT2D eigenvalue weighted by molar-refractivity contribution is -0.137. The molecule has 5 rings (SSSR count). The molecule has 0 spiro atoms. The van der Waals surface area contributed by atoms with Gasteiger partial charge in [0.2, 0.25) is 0 Å². The van der Waals surface area contributed by atoms with E-state index < -0.39 is 17.6 Å². The highest BCUT2D eigenvalue weighted by Gasteiger charge is 2.30. The number of nitrogens with zero attached hydrogens (tertiary/aromatic N) is 1. The third kappa shape index (κ3) is 4.63. The molecule has 5 aromatic rings. The fourth-order valence-electron chi connectivity index (χ4n) is 3.74. The number of carbonyl (C=O) groups is 1. The maximum absolute atomic E-state index is 13.2. The molecule has 8 heteroatoms. The number of aromatic nitrogens is 1. The topological polar surface area (TPSA) is 55.1 Å². The molecule has 0 aliphatic heterocycles. The average Bonchev–Trinajstić information content (AvgIpc) is 3.33. The Bertz CT molecular complexity index is 1560. The summed E-state index contributed by atoms with van der Waals surface area (Å²) in [7, 11) is 0. The summed E-state index contributed by atoms with van der Waals surface area (Å²) in [5, 5.41) is 3.65. The minimum atomic E-state index is -4.52. The molecule has 1 amide bonds. The Hall–Kier alpha value is -4.10. The van der Waals surface area contributed by atoms with Gasteiger partial charge in [-0.1, -0.05) is 48.0 Å². The Kier molecular flexibility index (Phi) is 5.78. The second-order valence-electron chi connectivity index (χ2n) is 7.75. The molecule has 4 nitrogen and oxygen atoms in total. The van der Waals surface area contributed by atoms with E-state index >= 15 is 0 Å². The molecule has 0 aliphatic rings. The summed E-state index contributed by atoms with van der Waals surface area (Å²) < 4.78 is 45.2. The number of pyridine rings is 1. The van der Waals surface area contributed by atoms with E-state index in [1.165, 1.54) is 12.1 Å². The minimum Gasteiger partial charge on any atom is -0.454 e. The van der Waals surface area contributed by atoms with Crippen LogP contribution in [0.2, 0.25) is 5.02 Å². The highest BCUT2D eigenvalue weighted by molar-refractivity contribution is 6.33. The molecular weight excluding hydrogens is 477 g/mol. The number of hydrogen-bond donors (Lipinski definition) is 1. The van der Waals surface area contributed by atoms with Gasteiger partial charge in [-0.2, -0.15) is 13.2 Å². The maximum atomic E-state index is 13.2. The molecule has 0 saturated heterocycles. The molecule has 35 heavy (non-hydrogen) atoms. The Morgan fingerprint density at radius 1 is 0.857 bits per heavy atom. The smallest absolute Gasteiger partial charge is 0.416 e. The van der Waals surface area contributed by atoms with Gasteiger partial charge in [0.1, 0.15) is 11.5 Å². The quantitative estimate of drug-likeness (QED) is 0.276. The van der Waals surface area contributed by atoms with Crippen molar-refractivity contribution in [3.8, 4) is 22.8 Å². The number of benzene rings is 3. The molecule has 2 heterocycles. The van der Waals surface area contributed by atoms with E-state index in [9.17, 15) is 18.0 Å². The largest absolute Gasteiger partial charge is 0.454 e. The molecule has 2 aromatic heterocycles. The van der Waals surface area contributed by atoms with E-state index in [0.29, 0.717) is 38.7 Å². The number of amides is 1. The van der Waals surface area contributed by atoms with Crippen molar-refractivity contribution < 1.29 is 22.4 Å². The van der Waals surface area contributed by atoms with Gasteiger partial charge in [-0.15, -0.1) is 0 Å². The number of hydrogen-bond acceptors (Lipinski definition) is 3. The monoisotopic (exact) mass is 492 g/mol. The van der Waals surface area contributed by atoms with Crippen LogP contribution in [-0.2, 0) is 6.18 Å². The maximum Gasteiger partial charge on any atom is 0.416 e. The van der Waals surface area contributed by atoms with Gasteiger partial charge in [0, 0.05) is 16.6 Å². The van der Waals surface area contributed by atoms with Gasteiger partial charge in [0.05, 0.1) is 21.7 Å². The summed E-state index contributed by atoms with van der Waals surface area (Å²) in [4.78, 5) is 17.8. The van der Waals surface area contributed by atoms with Gasteiger partial charge in [0.15, 0.2) is 5.76 Å². The normalized spacial score (nSPS) is 11.5. The first-order valence-electron chi connectivity index (χ1n) is 10.5. The van der Waals surface area contributed by atoms with Gasteiger partial charge in [0.25, 0.3) is 5.91 Å². The second kappa shape index (κ2) is 8.92. The SMILES string of the molecule is O=C(Nc1cccc(C(F)(F)F)c1)c1cc(-c2ccc(-c3ccccc3Cl)o2)nc2ccccc12. The predicted octanol–water partition coefficient (Wildman–Crippen LogP) is 8.09. The zero-order valence-corrected chi connectivity index (χ0v) is 18.7. The van der Waals surface area contributed by atoms with Crippen LogP contribution in [-0.4, -0.2) is 10.9 Å². The van der Waals surface area contributed by atoms with Crippen molar-refractivity contribution in [1.82, 2.24) is 4.98 Å². The van der Waals surface area contributed by atoms with E-state index in [-0.39, 0.29) is 11.3 Å². The minimum absolute atomic E-state index is 0.0336. The van der Waals surface area contributed by atoms with Crippen LogP contribution in [0.15, 0.2) is 95.4 Å². The summed E-state index contributed by atoms with van der Waals surface area (Å²) in [6.45, 7) is 0. The zero-order valence-electron chi connectivity index (χ0n) is 17.9. The molecule has 0 bridgehead atoms. The first-order valence-corrected chi connectivity index (χ1v) is 10.9. The Morgan fingerprint density at radius 3 is 2.40 bits per heavy atom. The van der Waals surface area contributed by atoms with Crippen LogP contribution in [0, 0.1) is 0 Å². The molecule has 0 radical (unpaired) electrons. The van der Waals surface area contributed by atoms with E-state index in [2.05, 4.69) is 10.3 Å². The predicted molar refractivity (Wildman–Crippen MR) is 129 cm³/mol. The number of anilines is 1. The summed E-state index contributed by atoms with van der Waals surface area (Å²) in [5.74, 6) is 0.386. The zero-order chi connectivity index (χ0) is 24.6. The first-order chi connectivity index (χ1) is 16.8. The van der Waals surface area contributed by atoms with Crippen LogP contribution in [0.1, 0.15) is 15.9 Å². The fraction of sp³-hybridized carbons (Fsp3) is 0.0370. The van der Waals surface area contributed by atoms with Gasteiger partial charge < -0.3 is 9.73 Å². The number of carbonyl (C=O) groups excluding carboxylic acids is 1. The molecule has 1 N–H and O–H groups in total. The standard InChI is InChI=1S/C27H16ClF3N2O2/c28-21-10-3-1-9-19(21)24-12-13-25(35-24)23-15-20(18-8-2-4-11-22(18)33-23)26(34)32-17-7-5-6-16(14-17)27(29,30)31/h1-15H,(H,32,34). The van der Waals surface area contributed by atoms with Crippen LogP contribution in [0.5, 0.6) is 0 Å². The third-order valence-electron chi connectivity index (χ3n) is 5.41. The Labute approximate surface area is 203 Å². The third-order valence-corrected chi connectivity index (χ3v) is 5.74. The van der Waals surface area contributed by atoms with E-state index in [1.807, 2.05) is 18.2 Å². The van der Waals surface area contributed by atoms with Crippen molar-refractivity contribution in [2.75, 3.05) is 5.32 Å². The van der Waals surface area contributed by atoms with Gasteiger partial charge in [-0.3, -0.25) is 4.79 Å². The molecule has 0 saturated carbocycles. The highest BCUT2D eigenvalue weighted by atomic mass is 35.5. The van der Waals surface area contributed by atoms with Crippen molar-refractivity contribution in [2.45, 2.75) is 6.18 Å². The molecule has 0 atom stereocenters. The second-order valence-corrected chi connectivity index (χ2v) is 8.16. The van der Waals surface area contributed by atoms with E-state index in [1.54, 1.807) is 48.5 Å². The van der Waals surface area contributed by atoms with Gasteiger partial charge >= 0.3 is 6.18 Å². The summed E-state index contributed by atoms with van der Waals surface area (Å²) in [6, 6.07) is 23.8. The molecular formula is C27H16ClF3N2O2. The van der Waals surface area contributed by atoms with Crippen LogP contribution in [0.25, 0.3) is 33.7 Å². The van der Waals surface area contributed by atoms with Crippen LogP contribution in [0.4, 0.5) is 18.9 Å². The lowest BCUT2D eigenvalue weighted by atomic mass is 10.1. The van der Waals surface area contributed by atoms with E-state index in [0.717, 1.165) is 12.1 Å². The van der Waals surface area contributed by atoms with Crippen molar-refractivity contribution in [3.63, 3.8) is 0 Å². The van der Waals surface area contributed by atoms with Gasteiger partial charge in [-0.25, -0.2) is 4.98 Å². The highest BCUT2D eigenvalue weighted by Crippen LogP contribution is 2.34. The molecule has 0 fully saturated rings. The Morgan fingerprint density at radius 2 is 1.60 bits per heavy atom. The number of rotatable bonds is 4. The van der Waals surface area contributed by atoms with E-state index in [4.69, 9.17) is 16.0 Å². The summed E-state index contributed by atoms with van der Waals surface area (Å²) in [5.41, 5.74) is 1.08. The molecule has 0 aliphatic carbocycles. The number of nitrogens with one attached hydrogen (secondary N) is 1. The fourth-order valence-corrected chi connectivity index (χ4v) is 3.97. The summed E-state index contributed by atoms with van der Waals surface area (Å²) >= 11 is 6.28. The first kappa shape index (κ1) is 22.7. The van der Waals surface area contributed by atoms with Crippen molar-refractivity contribution >= 4 is 34.1 Å². The lowest BCUT2D eigenvalue weighted by Gasteiger charge is -2.12. The van der Waals surface area contributed by atoms with Crippen molar-refractivity contribution in [1.29, 1.82) is 0 Å². The number of fused-ring (bicyclic) bond motifs is 1. The lowest BCUT2D eigenvalue weighted by Crippen LogP contribution is -2.14.